The van der Waals surface area contributed by atoms with E-state index in [0.29, 0.717) is 13.1 Å². The molecule has 7 heteroatoms. The molecule has 2 amide bonds. The molecule has 0 bridgehead atoms. The van der Waals surface area contributed by atoms with Crippen molar-refractivity contribution in [1.82, 2.24) is 10.2 Å². The van der Waals surface area contributed by atoms with E-state index in [1.54, 1.807) is 12.1 Å². The Morgan fingerprint density at radius 1 is 1.22 bits per heavy atom. The van der Waals surface area contributed by atoms with Crippen LogP contribution in [-0.2, 0) is 24.8 Å². The van der Waals surface area contributed by atoms with Crippen LogP contribution in [-0.4, -0.2) is 50.5 Å². The highest BCUT2D eigenvalue weighted by molar-refractivity contribution is 7.92. The van der Waals surface area contributed by atoms with Crippen molar-refractivity contribution >= 4 is 21.7 Å². The molecule has 0 saturated carbocycles. The fourth-order valence-corrected chi connectivity index (χ4v) is 3.58. The number of nitrogens with zero attached hydrogens (tertiary/aromatic N) is 1. The number of rotatable bonds is 3. The summed E-state index contributed by atoms with van der Waals surface area (Å²) in [5.74, 6) is -1.42. The highest BCUT2D eigenvalue weighted by Crippen LogP contribution is 2.23. The molecule has 0 aliphatic carbocycles. The van der Waals surface area contributed by atoms with Crippen molar-refractivity contribution in [3.63, 3.8) is 0 Å². The third-order valence-corrected chi connectivity index (χ3v) is 5.40. The second-order valence-corrected chi connectivity index (χ2v) is 8.69. The SMILES string of the molecule is CC(C)(C)c1ccc(S(=O)(=O)CC(=O)N2CCNC(=O)C2)cc1. The summed E-state index contributed by atoms with van der Waals surface area (Å²) in [6.45, 7) is 6.73. The van der Waals surface area contributed by atoms with Crippen molar-refractivity contribution in [2.75, 3.05) is 25.4 Å². The summed E-state index contributed by atoms with van der Waals surface area (Å²) in [6, 6.07) is 6.61. The first kappa shape index (κ1) is 17.5. The van der Waals surface area contributed by atoms with Crippen molar-refractivity contribution in [2.45, 2.75) is 31.1 Å². The molecule has 1 aromatic carbocycles. The Hall–Kier alpha value is -1.89. The van der Waals surface area contributed by atoms with Crippen LogP contribution in [0.4, 0.5) is 0 Å². The van der Waals surface area contributed by atoms with Gasteiger partial charge in [0.2, 0.25) is 11.8 Å². The standard InChI is InChI=1S/C16H22N2O4S/c1-16(2,3)12-4-6-13(7-5-12)23(21,22)11-15(20)18-9-8-17-14(19)10-18/h4-7H,8-11H2,1-3H3,(H,17,19). The van der Waals surface area contributed by atoms with Crippen molar-refractivity contribution < 1.29 is 18.0 Å². The van der Waals surface area contributed by atoms with Crippen LogP contribution in [0.5, 0.6) is 0 Å². The van der Waals surface area contributed by atoms with E-state index in [4.69, 9.17) is 0 Å². The smallest absolute Gasteiger partial charge is 0.239 e. The number of carbonyl (C=O) groups excluding carboxylic acids is 2. The molecule has 0 atom stereocenters. The summed E-state index contributed by atoms with van der Waals surface area (Å²) >= 11 is 0. The Balaban J connectivity index is 2.12. The van der Waals surface area contributed by atoms with E-state index < -0.39 is 21.5 Å². The van der Waals surface area contributed by atoms with Crippen LogP contribution in [0.3, 0.4) is 0 Å². The summed E-state index contributed by atoms with van der Waals surface area (Å²) in [6.07, 6.45) is 0. The van der Waals surface area contributed by atoms with Crippen LogP contribution >= 0.6 is 0 Å². The molecule has 0 aromatic heterocycles. The fraction of sp³-hybridized carbons (Fsp3) is 0.500. The van der Waals surface area contributed by atoms with Gasteiger partial charge in [-0.3, -0.25) is 9.59 Å². The molecular weight excluding hydrogens is 316 g/mol. The number of nitrogens with one attached hydrogen (secondary N) is 1. The van der Waals surface area contributed by atoms with Gasteiger partial charge in [0.05, 0.1) is 11.4 Å². The largest absolute Gasteiger partial charge is 0.353 e. The number of sulfone groups is 1. The van der Waals surface area contributed by atoms with Gasteiger partial charge in [0.25, 0.3) is 0 Å². The molecule has 126 valence electrons. The Bertz CT molecular complexity index is 703. The minimum Gasteiger partial charge on any atom is -0.353 e. The van der Waals surface area contributed by atoms with Crippen molar-refractivity contribution in [3.8, 4) is 0 Å². The molecule has 6 nitrogen and oxygen atoms in total. The summed E-state index contributed by atoms with van der Waals surface area (Å²) in [5, 5.41) is 2.60. The number of hydrogen-bond acceptors (Lipinski definition) is 4. The maximum atomic E-state index is 12.4. The summed E-state index contributed by atoms with van der Waals surface area (Å²) in [5.41, 5.74) is 0.953. The molecule has 1 aromatic rings. The topological polar surface area (TPSA) is 83.6 Å². The summed E-state index contributed by atoms with van der Waals surface area (Å²) < 4.78 is 24.8. The van der Waals surface area contributed by atoms with Crippen LogP contribution < -0.4 is 5.32 Å². The van der Waals surface area contributed by atoms with Crippen molar-refractivity contribution in [3.05, 3.63) is 29.8 Å². The van der Waals surface area contributed by atoms with Gasteiger partial charge < -0.3 is 10.2 Å². The van der Waals surface area contributed by atoms with Gasteiger partial charge in [-0.2, -0.15) is 0 Å². The van der Waals surface area contributed by atoms with Crippen LogP contribution in [0, 0.1) is 0 Å². The van der Waals surface area contributed by atoms with Gasteiger partial charge in [0.1, 0.15) is 5.75 Å². The molecule has 1 N–H and O–H groups in total. The zero-order valence-corrected chi connectivity index (χ0v) is 14.4. The van der Waals surface area contributed by atoms with E-state index in [9.17, 15) is 18.0 Å². The van der Waals surface area contributed by atoms with E-state index in [0.717, 1.165) is 5.56 Å². The molecule has 0 spiro atoms. The Labute approximate surface area is 136 Å². The zero-order chi connectivity index (χ0) is 17.3. The van der Waals surface area contributed by atoms with Gasteiger partial charge in [-0.15, -0.1) is 0 Å². The number of benzene rings is 1. The zero-order valence-electron chi connectivity index (χ0n) is 13.6. The molecule has 1 saturated heterocycles. The first-order valence-electron chi connectivity index (χ1n) is 7.47. The normalized spacial score (nSPS) is 16.1. The van der Waals surface area contributed by atoms with Crippen molar-refractivity contribution in [2.24, 2.45) is 0 Å². The average Bonchev–Trinajstić information content (AvgIpc) is 2.46. The van der Waals surface area contributed by atoms with E-state index in [-0.39, 0.29) is 22.8 Å². The van der Waals surface area contributed by atoms with Gasteiger partial charge in [0.15, 0.2) is 9.84 Å². The van der Waals surface area contributed by atoms with Gasteiger partial charge >= 0.3 is 0 Å². The second kappa shape index (κ2) is 6.31. The maximum absolute atomic E-state index is 12.4. The molecule has 0 unspecified atom stereocenters. The maximum Gasteiger partial charge on any atom is 0.239 e. The van der Waals surface area contributed by atoms with E-state index in [1.807, 2.05) is 20.8 Å². The van der Waals surface area contributed by atoms with E-state index >= 15 is 0 Å². The van der Waals surface area contributed by atoms with Crippen LogP contribution in [0.2, 0.25) is 0 Å². The summed E-state index contributed by atoms with van der Waals surface area (Å²) in [7, 11) is -3.71. The summed E-state index contributed by atoms with van der Waals surface area (Å²) in [4.78, 5) is 24.8. The second-order valence-electron chi connectivity index (χ2n) is 6.70. The number of piperazine rings is 1. The lowest BCUT2D eigenvalue weighted by atomic mass is 9.87. The molecule has 1 aliphatic heterocycles. The number of amides is 2. The first-order valence-corrected chi connectivity index (χ1v) is 9.12. The molecular formula is C16H22N2O4S. The predicted molar refractivity (Wildman–Crippen MR) is 86.8 cm³/mol. The quantitative estimate of drug-likeness (QED) is 0.880. The van der Waals surface area contributed by atoms with Crippen LogP contribution in [0.25, 0.3) is 0 Å². The van der Waals surface area contributed by atoms with Crippen LogP contribution in [0.15, 0.2) is 29.2 Å². The Morgan fingerprint density at radius 3 is 2.35 bits per heavy atom. The van der Waals surface area contributed by atoms with E-state index in [2.05, 4.69) is 5.32 Å². The molecule has 0 radical (unpaired) electrons. The van der Waals surface area contributed by atoms with Gasteiger partial charge in [0, 0.05) is 13.1 Å². The van der Waals surface area contributed by atoms with Crippen LogP contribution in [0.1, 0.15) is 26.3 Å². The third-order valence-electron chi connectivity index (χ3n) is 3.78. The Morgan fingerprint density at radius 2 is 1.83 bits per heavy atom. The molecule has 23 heavy (non-hydrogen) atoms. The average molecular weight is 338 g/mol. The number of carbonyl (C=O) groups is 2. The monoisotopic (exact) mass is 338 g/mol. The molecule has 1 fully saturated rings. The lowest BCUT2D eigenvalue weighted by Gasteiger charge is -2.26. The van der Waals surface area contributed by atoms with Gasteiger partial charge in [-0.1, -0.05) is 32.9 Å². The molecule has 2 rings (SSSR count). The lowest BCUT2D eigenvalue weighted by Crippen LogP contribution is -2.51. The molecule has 1 heterocycles. The van der Waals surface area contributed by atoms with Gasteiger partial charge in [-0.05, 0) is 23.1 Å². The highest BCUT2D eigenvalue weighted by Gasteiger charge is 2.27. The van der Waals surface area contributed by atoms with E-state index in [1.165, 1.54) is 17.0 Å². The number of hydrogen-bond donors (Lipinski definition) is 1. The fourth-order valence-electron chi connectivity index (χ4n) is 2.35. The minimum absolute atomic E-state index is 0.0702. The molecule has 1 aliphatic rings. The predicted octanol–water partition coefficient (Wildman–Crippen LogP) is 0.716. The van der Waals surface area contributed by atoms with Gasteiger partial charge in [-0.25, -0.2) is 8.42 Å². The highest BCUT2D eigenvalue weighted by atomic mass is 32.2. The third kappa shape index (κ3) is 4.31. The Kier molecular flexibility index (Phi) is 4.79. The van der Waals surface area contributed by atoms with Crippen molar-refractivity contribution in [1.29, 1.82) is 0 Å². The minimum atomic E-state index is -3.71. The lowest BCUT2D eigenvalue weighted by molar-refractivity contribution is -0.136. The first-order chi connectivity index (χ1) is 10.6.